The third-order valence-electron chi connectivity index (χ3n) is 2.30. The normalized spacial score (nSPS) is 18.2. The van der Waals surface area contributed by atoms with E-state index in [2.05, 4.69) is 15.6 Å². The number of pyridine rings is 1. The van der Waals surface area contributed by atoms with Crippen molar-refractivity contribution in [3.05, 3.63) is 24.0 Å². The molecule has 1 fully saturated rings. The first kappa shape index (κ1) is 12.4. The summed E-state index contributed by atoms with van der Waals surface area (Å²) in [6, 6.07) is 0.643. The van der Waals surface area contributed by atoms with Gasteiger partial charge in [0, 0.05) is 11.9 Å². The first-order valence-electron chi connectivity index (χ1n) is 4.99. The van der Waals surface area contributed by atoms with Gasteiger partial charge in [-0.15, -0.1) is 0 Å². The van der Waals surface area contributed by atoms with Gasteiger partial charge in [0.15, 0.2) is 0 Å². The van der Waals surface area contributed by atoms with Crippen molar-refractivity contribution in [1.29, 1.82) is 0 Å². The molecular formula is C10H9N3O4S. The lowest BCUT2D eigenvalue weighted by Gasteiger charge is -2.11. The Balaban J connectivity index is 2.12. The molecule has 0 saturated carbocycles. The van der Waals surface area contributed by atoms with Gasteiger partial charge in [-0.3, -0.25) is 14.6 Å². The van der Waals surface area contributed by atoms with E-state index in [0.717, 1.165) is 11.8 Å². The Morgan fingerprint density at radius 2 is 2.33 bits per heavy atom. The van der Waals surface area contributed by atoms with Crippen molar-refractivity contribution in [2.24, 2.45) is 0 Å². The molecule has 1 atom stereocenters. The van der Waals surface area contributed by atoms with E-state index in [1.165, 1.54) is 18.5 Å². The third-order valence-corrected chi connectivity index (χ3v) is 3.18. The van der Waals surface area contributed by atoms with Crippen LogP contribution in [-0.4, -0.2) is 39.0 Å². The van der Waals surface area contributed by atoms with Crippen LogP contribution in [0.1, 0.15) is 10.4 Å². The predicted octanol–water partition coefficient (Wildman–Crippen LogP) is 0.543. The fraction of sp³-hybridized carbons (Fsp3) is 0.200. The number of carboxylic acid groups (broad SMARTS) is 1. The highest BCUT2D eigenvalue weighted by molar-refractivity contribution is 8.14. The SMILES string of the molecule is O=C1NC(C(=O)Nc2cnccc2C(=O)O)CS1. The van der Waals surface area contributed by atoms with Crippen LogP contribution in [0, 0.1) is 0 Å². The number of carboxylic acids is 1. The Labute approximate surface area is 106 Å². The maximum atomic E-state index is 11.8. The molecule has 7 nitrogen and oxygen atoms in total. The van der Waals surface area contributed by atoms with E-state index in [9.17, 15) is 14.4 Å². The van der Waals surface area contributed by atoms with Crippen LogP contribution in [-0.2, 0) is 4.79 Å². The molecule has 2 heterocycles. The van der Waals surface area contributed by atoms with Crippen molar-refractivity contribution in [3.63, 3.8) is 0 Å². The van der Waals surface area contributed by atoms with Crippen LogP contribution >= 0.6 is 11.8 Å². The summed E-state index contributed by atoms with van der Waals surface area (Å²) < 4.78 is 0. The Bertz CT molecular complexity index is 520. The summed E-state index contributed by atoms with van der Waals surface area (Å²) in [5.41, 5.74) is 0.0662. The molecule has 1 aliphatic rings. The van der Waals surface area contributed by atoms with E-state index in [-0.39, 0.29) is 16.5 Å². The number of amides is 2. The summed E-state index contributed by atoms with van der Waals surface area (Å²) in [7, 11) is 0. The molecule has 1 aliphatic heterocycles. The summed E-state index contributed by atoms with van der Waals surface area (Å²) in [6.45, 7) is 0. The molecular weight excluding hydrogens is 258 g/mol. The summed E-state index contributed by atoms with van der Waals surface area (Å²) in [5, 5.41) is 13.6. The number of thioether (sulfide) groups is 1. The lowest BCUT2D eigenvalue weighted by atomic mass is 10.2. The highest BCUT2D eigenvalue weighted by atomic mass is 32.2. The first-order chi connectivity index (χ1) is 8.58. The minimum absolute atomic E-state index is 0.0460. The van der Waals surface area contributed by atoms with Gasteiger partial charge in [-0.2, -0.15) is 0 Å². The second kappa shape index (κ2) is 5.05. The molecule has 1 aromatic heterocycles. The summed E-state index contributed by atoms with van der Waals surface area (Å²) in [4.78, 5) is 37.4. The van der Waals surface area contributed by atoms with Crippen LogP contribution in [0.2, 0.25) is 0 Å². The van der Waals surface area contributed by atoms with E-state index < -0.39 is 17.9 Å². The van der Waals surface area contributed by atoms with Gasteiger partial charge in [-0.05, 0) is 6.07 Å². The quantitative estimate of drug-likeness (QED) is 0.737. The van der Waals surface area contributed by atoms with Crippen molar-refractivity contribution in [1.82, 2.24) is 10.3 Å². The van der Waals surface area contributed by atoms with Gasteiger partial charge in [0.05, 0.1) is 17.4 Å². The number of hydrogen-bond donors (Lipinski definition) is 3. The van der Waals surface area contributed by atoms with E-state index in [1.54, 1.807) is 0 Å². The van der Waals surface area contributed by atoms with E-state index >= 15 is 0 Å². The molecule has 0 aliphatic carbocycles. The number of hydrogen-bond acceptors (Lipinski definition) is 5. The van der Waals surface area contributed by atoms with Crippen LogP contribution in [0.4, 0.5) is 10.5 Å². The monoisotopic (exact) mass is 267 g/mol. The molecule has 0 radical (unpaired) electrons. The smallest absolute Gasteiger partial charge is 0.337 e. The Morgan fingerprint density at radius 3 is 2.94 bits per heavy atom. The maximum absolute atomic E-state index is 11.8. The van der Waals surface area contributed by atoms with Crippen LogP contribution in [0.15, 0.2) is 18.5 Å². The zero-order valence-corrected chi connectivity index (χ0v) is 9.86. The molecule has 3 N–H and O–H groups in total. The Kier molecular flexibility index (Phi) is 3.47. The predicted molar refractivity (Wildman–Crippen MR) is 64.6 cm³/mol. The van der Waals surface area contributed by atoms with Gasteiger partial charge in [-0.25, -0.2) is 4.79 Å². The maximum Gasteiger partial charge on any atom is 0.337 e. The van der Waals surface area contributed by atoms with Gasteiger partial charge >= 0.3 is 5.97 Å². The largest absolute Gasteiger partial charge is 0.478 e. The molecule has 1 unspecified atom stereocenters. The standard InChI is InChI=1S/C10H9N3O4S/c14-8(7-4-18-10(17)13-7)12-6-3-11-2-1-5(6)9(15)16/h1-3,7H,4H2,(H,12,14)(H,13,17)(H,15,16). The zero-order chi connectivity index (χ0) is 13.1. The van der Waals surface area contributed by atoms with Crippen LogP contribution < -0.4 is 10.6 Å². The van der Waals surface area contributed by atoms with E-state index in [0.29, 0.717) is 5.75 Å². The number of nitrogens with one attached hydrogen (secondary N) is 2. The van der Waals surface area contributed by atoms with Crippen molar-refractivity contribution >= 4 is 34.6 Å². The molecule has 94 valence electrons. The van der Waals surface area contributed by atoms with E-state index in [4.69, 9.17) is 5.11 Å². The number of aromatic carboxylic acids is 1. The second-order valence-corrected chi connectivity index (χ2v) is 4.50. The minimum atomic E-state index is -1.16. The minimum Gasteiger partial charge on any atom is -0.478 e. The summed E-state index contributed by atoms with van der Waals surface area (Å²) in [6.07, 6.45) is 2.58. The first-order valence-corrected chi connectivity index (χ1v) is 5.98. The van der Waals surface area contributed by atoms with Crippen LogP contribution in [0.5, 0.6) is 0 Å². The zero-order valence-electron chi connectivity index (χ0n) is 9.04. The third kappa shape index (κ3) is 2.59. The van der Waals surface area contributed by atoms with Gasteiger partial charge in [0.2, 0.25) is 5.91 Å². The fourth-order valence-electron chi connectivity index (χ4n) is 1.43. The summed E-state index contributed by atoms with van der Waals surface area (Å²) >= 11 is 1.01. The Hall–Kier alpha value is -2.09. The van der Waals surface area contributed by atoms with Crippen molar-refractivity contribution in [2.75, 3.05) is 11.1 Å². The number of aromatic nitrogens is 1. The number of rotatable bonds is 3. The van der Waals surface area contributed by atoms with Gasteiger partial charge in [0.25, 0.3) is 5.24 Å². The average Bonchev–Trinajstić information content (AvgIpc) is 2.76. The highest BCUT2D eigenvalue weighted by Crippen LogP contribution is 2.17. The van der Waals surface area contributed by atoms with Gasteiger partial charge < -0.3 is 15.7 Å². The second-order valence-electron chi connectivity index (χ2n) is 3.51. The molecule has 0 spiro atoms. The molecule has 2 amide bonds. The van der Waals surface area contributed by atoms with Crippen molar-refractivity contribution < 1.29 is 19.5 Å². The summed E-state index contributed by atoms with van der Waals surface area (Å²) in [5.74, 6) is -1.28. The Morgan fingerprint density at radius 1 is 1.56 bits per heavy atom. The van der Waals surface area contributed by atoms with Crippen molar-refractivity contribution in [2.45, 2.75) is 6.04 Å². The fourth-order valence-corrected chi connectivity index (χ4v) is 2.20. The van der Waals surface area contributed by atoms with Gasteiger partial charge in [-0.1, -0.05) is 11.8 Å². The van der Waals surface area contributed by atoms with Gasteiger partial charge in [0.1, 0.15) is 6.04 Å². The topological polar surface area (TPSA) is 108 Å². The van der Waals surface area contributed by atoms with Crippen LogP contribution in [0.3, 0.4) is 0 Å². The lowest BCUT2D eigenvalue weighted by Crippen LogP contribution is -2.38. The molecule has 0 bridgehead atoms. The number of carbonyl (C=O) groups is 3. The highest BCUT2D eigenvalue weighted by Gasteiger charge is 2.28. The average molecular weight is 267 g/mol. The molecule has 18 heavy (non-hydrogen) atoms. The molecule has 1 aromatic rings. The lowest BCUT2D eigenvalue weighted by molar-refractivity contribution is -0.117. The number of nitrogens with zero attached hydrogens (tertiary/aromatic N) is 1. The van der Waals surface area contributed by atoms with Crippen molar-refractivity contribution in [3.8, 4) is 0 Å². The molecule has 0 aromatic carbocycles. The molecule has 1 saturated heterocycles. The molecule has 8 heteroatoms. The number of carbonyl (C=O) groups excluding carboxylic acids is 2. The number of anilines is 1. The van der Waals surface area contributed by atoms with Crippen LogP contribution in [0.25, 0.3) is 0 Å². The van der Waals surface area contributed by atoms with E-state index in [1.807, 2.05) is 0 Å². The molecule has 2 rings (SSSR count).